The summed E-state index contributed by atoms with van der Waals surface area (Å²) in [5.74, 6) is -0.0863. The lowest BCUT2D eigenvalue weighted by atomic mass is 10.4. The zero-order valence-corrected chi connectivity index (χ0v) is 8.51. The van der Waals surface area contributed by atoms with Crippen LogP contribution in [0.4, 0.5) is 0 Å². The van der Waals surface area contributed by atoms with Crippen LogP contribution in [0.5, 0.6) is 0 Å². The van der Waals surface area contributed by atoms with Crippen molar-refractivity contribution in [2.45, 2.75) is 13.3 Å². The first kappa shape index (κ1) is 12.9. The van der Waals surface area contributed by atoms with Gasteiger partial charge in [-0.05, 0) is 6.92 Å². The number of hydrogen-bond acceptors (Lipinski definition) is 4. The van der Waals surface area contributed by atoms with E-state index in [1.165, 1.54) is 0 Å². The number of carbonyl (C=O) groups is 1. The Labute approximate surface area is 84.4 Å². The zero-order chi connectivity index (χ0) is 10.6. The minimum absolute atomic E-state index is 0.0863. The molecule has 0 aliphatic rings. The number of nitrogens with zero attached hydrogens (tertiary/aromatic N) is 1. The van der Waals surface area contributed by atoms with Crippen molar-refractivity contribution in [1.82, 2.24) is 10.6 Å². The second-order valence-corrected chi connectivity index (χ2v) is 2.63. The lowest BCUT2D eigenvalue weighted by Gasteiger charge is -2.04. The molecule has 14 heavy (non-hydrogen) atoms. The molecular weight excluding hydrogens is 182 g/mol. The second-order valence-electron chi connectivity index (χ2n) is 2.63. The van der Waals surface area contributed by atoms with Crippen LogP contribution in [0.1, 0.15) is 13.3 Å². The molecule has 2 N–H and O–H groups in total. The predicted molar refractivity (Wildman–Crippen MR) is 52.6 cm³/mol. The smallest absolute Gasteiger partial charge is 0.233 e. The van der Waals surface area contributed by atoms with E-state index in [2.05, 4.69) is 10.6 Å². The molecule has 0 radical (unpaired) electrons. The first-order valence-electron chi connectivity index (χ1n) is 4.73. The molecule has 5 nitrogen and oxygen atoms in total. The average Bonchev–Trinajstić information content (AvgIpc) is 2.18. The molecular formula is C9H17N3O2. The van der Waals surface area contributed by atoms with Crippen molar-refractivity contribution in [3.63, 3.8) is 0 Å². The molecule has 0 rings (SSSR count). The van der Waals surface area contributed by atoms with Crippen LogP contribution in [0.3, 0.4) is 0 Å². The van der Waals surface area contributed by atoms with Gasteiger partial charge in [0.1, 0.15) is 0 Å². The number of nitrogens with one attached hydrogen (secondary N) is 2. The molecule has 0 aliphatic heterocycles. The SMILES string of the molecule is CCOCCNCC(=O)NCCC#N. The van der Waals surface area contributed by atoms with E-state index in [1.54, 1.807) is 0 Å². The molecule has 0 saturated heterocycles. The van der Waals surface area contributed by atoms with E-state index in [0.29, 0.717) is 32.7 Å². The summed E-state index contributed by atoms with van der Waals surface area (Å²) in [7, 11) is 0. The third-order valence-corrected chi connectivity index (χ3v) is 1.47. The standard InChI is InChI=1S/C9H17N3O2/c1-2-14-7-6-11-8-9(13)12-5-3-4-10/h11H,2-3,5-8H2,1H3,(H,12,13). The molecule has 80 valence electrons. The van der Waals surface area contributed by atoms with Gasteiger partial charge in [0.05, 0.1) is 25.6 Å². The van der Waals surface area contributed by atoms with Crippen molar-refractivity contribution in [1.29, 1.82) is 5.26 Å². The fraction of sp³-hybridized carbons (Fsp3) is 0.778. The average molecular weight is 199 g/mol. The van der Waals surface area contributed by atoms with Gasteiger partial charge in [0.15, 0.2) is 0 Å². The Kier molecular flexibility index (Phi) is 9.17. The highest BCUT2D eigenvalue weighted by atomic mass is 16.5. The van der Waals surface area contributed by atoms with Crippen molar-refractivity contribution in [2.24, 2.45) is 0 Å². The molecule has 0 aromatic heterocycles. The molecule has 1 amide bonds. The molecule has 0 atom stereocenters. The van der Waals surface area contributed by atoms with Crippen molar-refractivity contribution in [2.75, 3.05) is 32.8 Å². The van der Waals surface area contributed by atoms with Crippen LogP contribution >= 0.6 is 0 Å². The Balaban J connectivity index is 3.15. The van der Waals surface area contributed by atoms with Crippen molar-refractivity contribution < 1.29 is 9.53 Å². The number of carbonyl (C=O) groups excluding carboxylic acids is 1. The lowest BCUT2D eigenvalue weighted by molar-refractivity contribution is -0.120. The van der Waals surface area contributed by atoms with E-state index in [0.717, 1.165) is 0 Å². The molecule has 5 heteroatoms. The van der Waals surface area contributed by atoms with E-state index < -0.39 is 0 Å². The van der Waals surface area contributed by atoms with Gasteiger partial charge >= 0.3 is 0 Å². The Bertz CT molecular complexity index is 189. The Morgan fingerprint density at radius 1 is 1.50 bits per heavy atom. The Morgan fingerprint density at radius 2 is 2.29 bits per heavy atom. The van der Waals surface area contributed by atoms with Crippen LogP contribution in [-0.4, -0.2) is 38.8 Å². The monoisotopic (exact) mass is 199 g/mol. The topological polar surface area (TPSA) is 74.2 Å². The van der Waals surface area contributed by atoms with E-state index in [-0.39, 0.29) is 12.5 Å². The van der Waals surface area contributed by atoms with Crippen LogP contribution in [0.25, 0.3) is 0 Å². The summed E-state index contributed by atoms with van der Waals surface area (Å²) in [6.45, 7) is 4.59. The molecule has 0 spiro atoms. The van der Waals surface area contributed by atoms with Gasteiger partial charge in [-0.1, -0.05) is 0 Å². The van der Waals surface area contributed by atoms with Crippen LogP contribution in [0.15, 0.2) is 0 Å². The maximum absolute atomic E-state index is 11.0. The summed E-state index contributed by atoms with van der Waals surface area (Å²) in [6.07, 6.45) is 0.352. The van der Waals surface area contributed by atoms with Crippen LogP contribution in [0.2, 0.25) is 0 Å². The number of nitriles is 1. The minimum atomic E-state index is -0.0863. The van der Waals surface area contributed by atoms with Gasteiger partial charge in [-0.25, -0.2) is 0 Å². The highest BCUT2D eigenvalue weighted by Crippen LogP contribution is 1.73. The molecule has 0 aliphatic carbocycles. The molecule has 0 saturated carbocycles. The molecule has 0 bridgehead atoms. The predicted octanol–water partition coefficient (Wildman–Crippen LogP) is -0.358. The summed E-state index contributed by atoms with van der Waals surface area (Å²) in [6, 6.07) is 1.95. The number of rotatable bonds is 8. The lowest BCUT2D eigenvalue weighted by Crippen LogP contribution is -2.35. The molecule has 0 unspecified atom stereocenters. The Morgan fingerprint density at radius 3 is 2.93 bits per heavy atom. The third-order valence-electron chi connectivity index (χ3n) is 1.47. The highest BCUT2D eigenvalue weighted by Gasteiger charge is 1.98. The molecule has 0 fully saturated rings. The number of ether oxygens (including phenoxy) is 1. The van der Waals surface area contributed by atoms with Crippen molar-refractivity contribution in [3.05, 3.63) is 0 Å². The second kappa shape index (κ2) is 9.96. The fourth-order valence-electron chi connectivity index (χ4n) is 0.811. The van der Waals surface area contributed by atoms with E-state index in [4.69, 9.17) is 10.00 Å². The summed E-state index contributed by atoms with van der Waals surface area (Å²) < 4.78 is 5.08. The van der Waals surface area contributed by atoms with Crippen LogP contribution in [0, 0.1) is 11.3 Å². The fourth-order valence-corrected chi connectivity index (χ4v) is 0.811. The van der Waals surface area contributed by atoms with Crippen LogP contribution < -0.4 is 10.6 Å². The maximum atomic E-state index is 11.0. The summed E-state index contributed by atoms with van der Waals surface area (Å²) in [5.41, 5.74) is 0. The number of amides is 1. The summed E-state index contributed by atoms with van der Waals surface area (Å²) >= 11 is 0. The maximum Gasteiger partial charge on any atom is 0.233 e. The first-order valence-corrected chi connectivity index (χ1v) is 4.73. The molecule has 0 aromatic carbocycles. The molecule has 0 heterocycles. The van der Waals surface area contributed by atoms with Gasteiger partial charge in [-0.3, -0.25) is 4.79 Å². The quantitative estimate of drug-likeness (QED) is 0.524. The summed E-state index contributed by atoms with van der Waals surface area (Å²) in [4.78, 5) is 11.0. The zero-order valence-electron chi connectivity index (χ0n) is 8.51. The summed E-state index contributed by atoms with van der Waals surface area (Å²) in [5, 5.41) is 13.8. The third kappa shape index (κ3) is 8.97. The van der Waals surface area contributed by atoms with E-state index in [1.807, 2.05) is 13.0 Å². The van der Waals surface area contributed by atoms with Gasteiger partial charge in [-0.15, -0.1) is 0 Å². The van der Waals surface area contributed by atoms with E-state index >= 15 is 0 Å². The molecule has 0 aromatic rings. The minimum Gasteiger partial charge on any atom is -0.380 e. The van der Waals surface area contributed by atoms with Crippen LogP contribution in [-0.2, 0) is 9.53 Å². The van der Waals surface area contributed by atoms with Gasteiger partial charge in [-0.2, -0.15) is 5.26 Å². The van der Waals surface area contributed by atoms with Gasteiger partial charge in [0.25, 0.3) is 0 Å². The van der Waals surface area contributed by atoms with Crippen molar-refractivity contribution >= 4 is 5.91 Å². The largest absolute Gasteiger partial charge is 0.380 e. The van der Waals surface area contributed by atoms with E-state index in [9.17, 15) is 4.79 Å². The van der Waals surface area contributed by atoms with Crippen molar-refractivity contribution in [3.8, 4) is 6.07 Å². The highest BCUT2D eigenvalue weighted by molar-refractivity contribution is 5.77. The van der Waals surface area contributed by atoms with Gasteiger partial charge < -0.3 is 15.4 Å². The van der Waals surface area contributed by atoms with Gasteiger partial charge in [0.2, 0.25) is 5.91 Å². The van der Waals surface area contributed by atoms with Gasteiger partial charge in [0, 0.05) is 19.7 Å². The Hall–Kier alpha value is -1.12. The normalized spacial score (nSPS) is 9.43. The first-order chi connectivity index (χ1) is 6.81. The number of hydrogen-bond donors (Lipinski definition) is 2.